The summed E-state index contributed by atoms with van der Waals surface area (Å²) in [6, 6.07) is 7.69. The number of rotatable bonds is 3. The zero-order valence-corrected chi connectivity index (χ0v) is 12.9. The fraction of sp³-hybridized carbons (Fsp3) is 0.200. The van der Waals surface area contributed by atoms with Gasteiger partial charge in [0, 0.05) is 5.56 Å². The molecule has 0 aliphatic carbocycles. The van der Waals surface area contributed by atoms with Crippen molar-refractivity contribution in [3.05, 3.63) is 52.8 Å². The molecule has 0 aromatic heterocycles. The van der Waals surface area contributed by atoms with Gasteiger partial charge in [0.05, 0.1) is 11.4 Å². The van der Waals surface area contributed by atoms with Crippen molar-refractivity contribution in [2.75, 3.05) is 10.5 Å². The highest BCUT2D eigenvalue weighted by molar-refractivity contribution is 7.93. The Hall–Kier alpha value is -2.08. The van der Waals surface area contributed by atoms with E-state index in [-0.39, 0.29) is 21.8 Å². The van der Waals surface area contributed by atoms with E-state index in [2.05, 4.69) is 4.72 Å². The average Bonchev–Trinajstić information content (AvgIpc) is 2.39. The zero-order chi connectivity index (χ0) is 15.8. The molecule has 0 saturated carbocycles. The molecule has 0 amide bonds. The van der Waals surface area contributed by atoms with Gasteiger partial charge in [-0.2, -0.15) is 0 Å². The van der Waals surface area contributed by atoms with Crippen LogP contribution in [0.1, 0.15) is 16.7 Å². The maximum absolute atomic E-state index is 13.5. The topological polar surface area (TPSA) is 72.2 Å². The van der Waals surface area contributed by atoms with Gasteiger partial charge in [0.25, 0.3) is 10.0 Å². The minimum Gasteiger partial charge on any atom is -0.397 e. The molecule has 2 aromatic carbocycles. The summed E-state index contributed by atoms with van der Waals surface area (Å²) in [5, 5.41) is 0. The molecule has 3 N–H and O–H groups in total. The second-order valence-corrected chi connectivity index (χ2v) is 6.58. The van der Waals surface area contributed by atoms with Crippen LogP contribution in [-0.4, -0.2) is 8.42 Å². The van der Waals surface area contributed by atoms with E-state index in [9.17, 15) is 12.8 Å². The van der Waals surface area contributed by atoms with Crippen molar-refractivity contribution in [3.8, 4) is 0 Å². The lowest BCUT2D eigenvalue weighted by molar-refractivity contribution is 0.600. The standard InChI is InChI=1S/C15H17FN2O2S/c1-9-7-8-10(2)15(14(9)17)21(19,20)18-13-6-4-5-12(16)11(13)3/h4-8,18H,17H2,1-3H3. The Labute approximate surface area is 123 Å². The van der Waals surface area contributed by atoms with Crippen molar-refractivity contribution in [2.45, 2.75) is 25.7 Å². The smallest absolute Gasteiger partial charge is 0.264 e. The number of anilines is 2. The number of benzene rings is 2. The molecule has 6 heteroatoms. The van der Waals surface area contributed by atoms with E-state index in [0.29, 0.717) is 11.1 Å². The van der Waals surface area contributed by atoms with Crippen LogP contribution in [0, 0.1) is 26.6 Å². The molecule has 0 atom stereocenters. The van der Waals surface area contributed by atoms with Crippen LogP contribution in [0.2, 0.25) is 0 Å². The number of nitrogens with two attached hydrogens (primary N) is 1. The van der Waals surface area contributed by atoms with Gasteiger partial charge < -0.3 is 5.73 Å². The Morgan fingerprint density at radius 3 is 2.33 bits per heavy atom. The summed E-state index contributed by atoms with van der Waals surface area (Å²) in [5.41, 5.74) is 7.77. The highest BCUT2D eigenvalue weighted by Crippen LogP contribution is 2.29. The number of hydrogen-bond donors (Lipinski definition) is 2. The van der Waals surface area contributed by atoms with Crippen LogP contribution >= 0.6 is 0 Å². The molecule has 0 saturated heterocycles. The molecule has 0 heterocycles. The number of sulfonamides is 1. The van der Waals surface area contributed by atoms with Crippen LogP contribution in [0.4, 0.5) is 15.8 Å². The Balaban J connectivity index is 2.54. The molecular formula is C15H17FN2O2S. The van der Waals surface area contributed by atoms with Gasteiger partial charge in [-0.05, 0) is 44.0 Å². The quantitative estimate of drug-likeness (QED) is 0.856. The lowest BCUT2D eigenvalue weighted by Crippen LogP contribution is -2.17. The Morgan fingerprint density at radius 2 is 1.67 bits per heavy atom. The van der Waals surface area contributed by atoms with Crippen molar-refractivity contribution in [1.82, 2.24) is 0 Å². The second-order valence-electron chi connectivity index (χ2n) is 4.96. The fourth-order valence-electron chi connectivity index (χ4n) is 2.08. The summed E-state index contributed by atoms with van der Waals surface area (Å²) in [6.45, 7) is 4.92. The van der Waals surface area contributed by atoms with E-state index in [1.54, 1.807) is 26.0 Å². The first-order valence-electron chi connectivity index (χ1n) is 6.37. The molecule has 4 nitrogen and oxygen atoms in total. The van der Waals surface area contributed by atoms with Crippen LogP contribution in [0.15, 0.2) is 35.2 Å². The van der Waals surface area contributed by atoms with E-state index in [4.69, 9.17) is 5.73 Å². The lowest BCUT2D eigenvalue weighted by Gasteiger charge is -2.15. The summed E-state index contributed by atoms with van der Waals surface area (Å²) in [4.78, 5) is 0.0335. The number of aryl methyl sites for hydroxylation is 2. The molecule has 2 rings (SSSR count). The minimum absolute atomic E-state index is 0.0335. The van der Waals surface area contributed by atoms with Crippen molar-refractivity contribution < 1.29 is 12.8 Å². The maximum atomic E-state index is 13.5. The molecule has 0 fully saturated rings. The van der Waals surface area contributed by atoms with E-state index >= 15 is 0 Å². The largest absolute Gasteiger partial charge is 0.397 e. The average molecular weight is 308 g/mol. The number of halogens is 1. The van der Waals surface area contributed by atoms with Crippen molar-refractivity contribution in [3.63, 3.8) is 0 Å². The van der Waals surface area contributed by atoms with Crippen molar-refractivity contribution >= 4 is 21.4 Å². The maximum Gasteiger partial charge on any atom is 0.264 e. The molecule has 0 bridgehead atoms. The summed E-state index contributed by atoms with van der Waals surface area (Å²) in [7, 11) is -3.88. The van der Waals surface area contributed by atoms with E-state index in [0.717, 1.165) is 0 Å². The molecular weight excluding hydrogens is 291 g/mol. The first-order chi connectivity index (χ1) is 9.74. The molecule has 0 unspecified atom stereocenters. The van der Waals surface area contributed by atoms with Crippen LogP contribution in [0.5, 0.6) is 0 Å². The van der Waals surface area contributed by atoms with Crippen LogP contribution in [-0.2, 0) is 10.0 Å². The van der Waals surface area contributed by atoms with Crippen molar-refractivity contribution in [1.29, 1.82) is 0 Å². The molecule has 2 aromatic rings. The number of nitrogens with one attached hydrogen (secondary N) is 1. The Kier molecular flexibility index (Phi) is 3.91. The molecule has 0 spiro atoms. The zero-order valence-electron chi connectivity index (χ0n) is 12.1. The van der Waals surface area contributed by atoms with E-state index in [1.165, 1.54) is 25.1 Å². The monoisotopic (exact) mass is 308 g/mol. The minimum atomic E-state index is -3.88. The fourth-order valence-corrected chi connectivity index (χ4v) is 3.63. The third-order valence-corrected chi connectivity index (χ3v) is 4.96. The van der Waals surface area contributed by atoms with Crippen LogP contribution in [0.25, 0.3) is 0 Å². The third-order valence-electron chi connectivity index (χ3n) is 3.39. The predicted molar refractivity (Wildman–Crippen MR) is 82.3 cm³/mol. The van der Waals surface area contributed by atoms with Crippen LogP contribution in [0.3, 0.4) is 0 Å². The van der Waals surface area contributed by atoms with Gasteiger partial charge >= 0.3 is 0 Å². The van der Waals surface area contributed by atoms with Gasteiger partial charge in [-0.25, -0.2) is 12.8 Å². The molecule has 112 valence electrons. The number of nitrogen functional groups attached to an aromatic ring is 1. The second kappa shape index (κ2) is 5.37. The SMILES string of the molecule is Cc1ccc(C)c(S(=O)(=O)Nc2cccc(F)c2C)c1N. The van der Waals surface area contributed by atoms with Crippen molar-refractivity contribution in [2.24, 2.45) is 0 Å². The Morgan fingerprint density at radius 1 is 1.05 bits per heavy atom. The van der Waals surface area contributed by atoms with Gasteiger partial charge in [-0.15, -0.1) is 0 Å². The third kappa shape index (κ3) is 2.85. The summed E-state index contributed by atoms with van der Waals surface area (Å²) in [5.74, 6) is -0.468. The lowest BCUT2D eigenvalue weighted by atomic mass is 10.1. The highest BCUT2D eigenvalue weighted by atomic mass is 32.2. The molecule has 0 radical (unpaired) electrons. The normalized spacial score (nSPS) is 11.4. The van der Waals surface area contributed by atoms with Gasteiger partial charge in [-0.1, -0.05) is 18.2 Å². The summed E-state index contributed by atoms with van der Waals surface area (Å²) in [6.07, 6.45) is 0. The van der Waals surface area contributed by atoms with Gasteiger partial charge in [0.2, 0.25) is 0 Å². The summed E-state index contributed by atoms with van der Waals surface area (Å²) < 4.78 is 41.0. The molecule has 0 aliphatic rings. The predicted octanol–water partition coefficient (Wildman–Crippen LogP) is 3.13. The number of hydrogen-bond acceptors (Lipinski definition) is 3. The molecule has 21 heavy (non-hydrogen) atoms. The molecule has 0 aliphatic heterocycles. The van der Waals surface area contributed by atoms with Gasteiger partial charge in [-0.3, -0.25) is 4.72 Å². The van der Waals surface area contributed by atoms with Gasteiger partial charge in [0.1, 0.15) is 10.7 Å². The van der Waals surface area contributed by atoms with E-state index in [1.807, 2.05) is 0 Å². The van der Waals surface area contributed by atoms with E-state index < -0.39 is 15.8 Å². The first-order valence-corrected chi connectivity index (χ1v) is 7.86. The Bertz CT molecular complexity index is 802. The van der Waals surface area contributed by atoms with Crippen LogP contribution < -0.4 is 10.5 Å². The highest BCUT2D eigenvalue weighted by Gasteiger charge is 2.22. The summed E-state index contributed by atoms with van der Waals surface area (Å²) >= 11 is 0. The first kappa shape index (κ1) is 15.3. The van der Waals surface area contributed by atoms with Gasteiger partial charge in [0.15, 0.2) is 0 Å².